The Morgan fingerprint density at radius 1 is 1.20 bits per heavy atom. The highest BCUT2D eigenvalue weighted by atomic mass is 35.5. The number of hydrogen-bond donors (Lipinski definition) is 1. The predicted molar refractivity (Wildman–Crippen MR) is 61.6 cm³/mol. The highest BCUT2D eigenvalue weighted by Crippen LogP contribution is 2.31. The summed E-state index contributed by atoms with van der Waals surface area (Å²) in [5, 5.41) is 7.98. The average molecular weight is 227 g/mol. The van der Waals surface area contributed by atoms with Crippen LogP contribution in [0.25, 0.3) is 0 Å². The van der Waals surface area contributed by atoms with E-state index in [1.165, 1.54) is 0 Å². The molecule has 0 aromatic heterocycles. The number of carbonyl (C=O) groups is 1. The van der Waals surface area contributed by atoms with Crippen LogP contribution in [0.2, 0.25) is 0 Å². The Morgan fingerprint density at radius 2 is 1.60 bits per heavy atom. The van der Waals surface area contributed by atoms with E-state index >= 15 is 0 Å². The van der Waals surface area contributed by atoms with E-state index in [0.29, 0.717) is 0 Å². The van der Waals surface area contributed by atoms with Crippen LogP contribution >= 0.6 is 11.6 Å². The maximum atomic E-state index is 10.9. The monoisotopic (exact) mass is 226 g/mol. The number of alkyl halides is 1. The first-order chi connectivity index (χ1) is 6.86. The third kappa shape index (κ3) is 2.15. The first-order valence-electron chi connectivity index (χ1n) is 4.80. The molecule has 0 aliphatic carbocycles. The summed E-state index contributed by atoms with van der Waals surface area (Å²) in [6.07, 6.45) is 0. The van der Waals surface area contributed by atoms with Gasteiger partial charge in [-0.15, -0.1) is 11.6 Å². The molecule has 0 saturated heterocycles. The minimum atomic E-state index is -0.993. The number of carboxylic acid groups (broad SMARTS) is 1. The molecule has 0 aliphatic heterocycles. The van der Waals surface area contributed by atoms with Crippen molar-refractivity contribution in [3.8, 4) is 0 Å². The van der Waals surface area contributed by atoms with Crippen molar-refractivity contribution in [2.45, 2.75) is 33.1 Å². The molecule has 0 heterocycles. The molecule has 2 nitrogen and oxygen atoms in total. The van der Waals surface area contributed by atoms with E-state index in [1.807, 2.05) is 27.7 Å². The van der Waals surface area contributed by atoms with Crippen LogP contribution in [0.5, 0.6) is 0 Å². The van der Waals surface area contributed by atoms with Gasteiger partial charge in [0.05, 0.1) is 0 Å². The molecule has 0 fully saturated rings. The van der Waals surface area contributed by atoms with Crippen LogP contribution in [0.1, 0.15) is 33.2 Å². The van der Waals surface area contributed by atoms with Gasteiger partial charge in [0.15, 0.2) is 5.38 Å². The molecular weight excluding hydrogens is 212 g/mol. The number of aliphatic carboxylic acids is 1. The fraction of sp³-hybridized carbons (Fsp3) is 0.417. The lowest BCUT2D eigenvalue weighted by Gasteiger charge is -2.16. The first-order valence-corrected chi connectivity index (χ1v) is 5.24. The van der Waals surface area contributed by atoms with Crippen LogP contribution in [0.4, 0.5) is 0 Å². The number of benzene rings is 1. The van der Waals surface area contributed by atoms with Gasteiger partial charge >= 0.3 is 5.97 Å². The van der Waals surface area contributed by atoms with Crippen LogP contribution < -0.4 is 0 Å². The van der Waals surface area contributed by atoms with Gasteiger partial charge in [-0.05, 0) is 55.5 Å². The van der Waals surface area contributed by atoms with Crippen molar-refractivity contribution < 1.29 is 9.90 Å². The summed E-state index contributed by atoms with van der Waals surface area (Å²) in [5.41, 5.74) is 4.85. The van der Waals surface area contributed by atoms with E-state index in [0.717, 1.165) is 27.8 Å². The van der Waals surface area contributed by atoms with E-state index in [9.17, 15) is 4.79 Å². The molecule has 1 rings (SSSR count). The standard InChI is InChI=1S/C12H15ClO2/c1-6-5-7(2)9(4)10(8(6)3)11(13)12(14)15/h5,11H,1-4H3,(H,14,15). The summed E-state index contributed by atoms with van der Waals surface area (Å²) >= 11 is 5.90. The van der Waals surface area contributed by atoms with Crippen LogP contribution in [0.15, 0.2) is 6.07 Å². The lowest BCUT2D eigenvalue weighted by Crippen LogP contribution is -2.10. The van der Waals surface area contributed by atoms with Crippen molar-refractivity contribution in [3.05, 3.63) is 33.9 Å². The molecule has 0 bridgehead atoms. The lowest BCUT2D eigenvalue weighted by molar-refractivity contribution is -0.136. The van der Waals surface area contributed by atoms with Gasteiger partial charge < -0.3 is 5.11 Å². The molecule has 15 heavy (non-hydrogen) atoms. The van der Waals surface area contributed by atoms with Gasteiger partial charge in [-0.1, -0.05) is 6.07 Å². The van der Waals surface area contributed by atoms with Crippen molar-refractivity contribution in [3.63, 3.8) is 0 Å². The second-order valence-corrected chi connectivity index (χ2v) is 4.31. The largest absolute Gasteiger partial charge is 0.480 e. The summed E-state index contributed by atoms with van der Waals surface area (Å²) in [6.45, 7) is 7.76. The van der Waals surface area contributed by atoms with Crippen molar-refractivity contribution in [1.82, 2.24) is 0 Å². The molecule has 0 aliphatic rings. The highest BCUT2D eigenvalue weighted by Gasteiger charge is 2.22. The maximum absolute atomic E-state index is 10.9. The van der Waals surface area contributed by atoms with Crippen LogP contribution in [0, 0.1) is 27.7 Å². The minimum absolute atomic E-state index is 0.738. The van der Waals surface area contributed by atoms with E-state index in [-0.39, 0.29) is 0 Å². The summed E-state index contributed by atoms with van der Waals surface area (Å²) in [4.78, 5) is 10.9. The zero-order valence-electron chi connectivity index (χ0n) is 9.39. The SMILES string of the molecule is Cc1cc(C)c(C)c(C(Cl)C(=O)O)c1C. The molecule has 0 radical (unpaired) electrons. The number of aryl methyl sites for hydroxylation is 2. The third-order valence-electron chi connectivity index (χ3n) is 2.89. The number of hydrogen-bond acceptors (Lipinski definition) is 1. The fourth-order valence-electron chi connectivity index (χ4n) is 1.75. The summed E-state index contributed by atoms with van der Waals surface area (Å²) in [5.74, 6) is -0.993. The van der Waals surface area contributed by atoms with Crippen molar-refractivity contribution in [2.24, 2.45) is 0 Å². The quantitative estimate of drug-likeness (QED) is 0.786. The Kier molecular flexibility index (Phi) is 3.40. The molecule has 0 spiro atoms. The number of rotatable bonds is 2. The van der Waals surface area contributed by atoms with E-state index in [2.05, 4.69) is 6.07 Å². The molecule has 3 heteroatoms. The second-order valence-electron chi connectivity index (χ2n) is 3.87. The van der Waals surface area contributed by atoms with Crippen LogP contribution in [0.3, 0.4) is 0 Å². The van der Waals surface area contributed by atoms with Gasteiger partial charge in [0.2, 0.25) is 0 Å². The molecule has 1 unspecified atom stereocenters. The summed E-state index contributed by atoms with van der Waals surface area (Å²) < 4.78 is 0. The Labute approximate surface area is 94.9 Å². The Hall–Kier alpha value is -1.02. The van der Waals surface area contributed by atoms with Gasteiger partial charge in [-0.25, -0.2) is 0 Å². The smallest absolute Gasteiger partial charge is 0.326 e. The third-order valence-corrected chi connectivity index (χ3v) is 3.30. The Bertz CT molecular complexity index is 384. The van der Waals surface area contributed by atoms with Gasteiger partial charge in [0.25, 0.3) is 0 Å². The zero-order valence-corrected chi connectivity index (χ0v) is 10.1. The van der Waals surface area contributed by atoms with Crippen molar-refractivity contribution >= 4 is 17.6 Å². The first kappa shape index (κ1) is 12.1. The van der Waals surface area contributed by atoms with Gasteiger partial charge in [0.1, 0.15) is 0 Å². The Morgan fingerprint density at radius 3 is 1.93 bits per heavy atom. The van der Waals surface area contributed by atoms with Gasteiger partial charge in [-0.2, -0.15) is 0 Å². The topological polar surface area (TPSA) is 37.3 Å². The van der Waals surface area contributed by atoms with E-state index < -0.39 is 11.3 Å². The molecule has 0 saturated carbocycles. The lowest BCUT2D eigenvalue weighted by atomic mass is 9.92. The highest BCUT2D eigenvalue weighted by molar-refractivity contribution is 6.29. The molecule has 1 atom stereocenters. The normalized spacial score (nSPS) is 12.6. The van der Waals surface area contributed by atoms with E-state index in [4.69, 9.17) is 16.7 Å². The van der Waals surface area contributed by atoms with Crippen LogP contribution in [-0.2, 0) is 4.79 Å². The molecule has 0 amide bonds. The molecule has 1 aromatic rings. The van der Waals surface area contributed by atoms with Gasteiger partial charge in [-0.3, -0.25) is 4.79 Å². The minimum Gasteiger partial charge on any atom is -0.480 e. The van der Waals surface area contributed by atoms with Crippen LogP contribution in [-0.4, -0.2) is 11.1 Å². The maximum Gasteiger partial charge on any atom is 0.326 e. The fourth-order valence-corrected chi connectivity index (χ4v) is 2.08. The summed E-state index contributed by atoms with van der Waals surface area (Å²) in [7, 11) is 0. The molecule has 1 aromatic carbocycles. The zero-order chi connectivity index (χ0) is 11.7. The molecule has 82 valence electrons. The summed E-state index contributed by atoms with van der Waals surface area (Å²) in [6, 6.07) is 2.06. The average Bonchev–Trinajstić information content (AvgIpc) is 2.15. The number of carboxylic acids is 1. The Balaban J connectivity index is 3.45. The number of halogens is 1. The molecule has 1 N–H and O–H groups in total. The van der Waals surface area contributed by atoms with Gasteiger partial charge in [0, 0.05) is 0 Å². The van der Waals surface area contributed by atoms with Crippen molar-refractivity contribution in [2.75, 3.05) is 0 Å². The molecular formula is C12H15ClO2. The predicted octanol–water partition coefficient (Wildman–Crippen LogP) is 3.28. The second kappa shape index (κ2) is 4.23. The van der Waals surface area contributed by atoms with Crippen molar-refractivity contribution in [1.29, 1.82) is 0 Å². The van der Waals surface area contributed by atoms with E-state index in [1.54, 1.807) is 0 Å².